The number of nitrogens with zero attached hydrogens (tertiary/aromatic N) is 2. The fourth-order valence-electron chi connectivity index (χ4n) is 1.42. The maximum Gasteiger partial charge on any atom is 0.128 e. The fraction of sp³-hybridized carbons (Fsp3) is 0.182. The number of halogens is 3. The van der Waals surface area contributed by atoms with Crippen molar-refractivity contribution in [2.24, 2.45) is 0 Å². The average Bonchev–Trinajstić information content (AvgIpc) is 2.52. The molecular formula is C11H9F2IN2. The monoisotopic (exact) mass is 334 g/mol. The van der Waals surface area contributed by atoms with Crippen LogP contribution in [-0.4, -0.2) is 9.78 Å². The van der Waals surface area contributed by atoms with Gasteiger partial charge in [-0.15, -0.1) is 0 Å². The van der Waals surface area contributed by atoms with Gasteiger partial charge in [0, 0.05) is 17.3 Å². The lowest BCUT2D eigenvalue weighted by Crippen LogP contribution is -2.03. The molecule has 0 radical (unpaired) electrons. The Hall–Kier alpha value is -0.980. The van der Waals surface area contributed by atoms with Crippen molar-refractivity contribution in [2.75, 3.05) is 0 Å². The lowest BCUT2D eigenvalue weighted by molar-refractivity contribution is 0.565. The molecule has 0 saturated heterocycles. The molecule has 0 aliphatic heterocycles. The Kier molecular flexibility index (Phi) is 3.22. The molecule has 0 aliphatic rings. The molecule has 0 amide bonds. The van der Waals surface area contributed by atoms with E-state index in [0.717, 1.165) is 21.4 Å². The molecule has 0 unspecified atom stereocenters. The van der Waals surface area contributed by atoms with Gasteiger partial charge in [0.2, 0.25) is 0 Å². The zero-order valence-electron chi connectivity index (χ0n) is 8.54. The van der Waals surface area contributed by atoms with Gasteiger partial charge in [-0.05, 0) is 47.7 Å². The molecule has 0 saturated carbocycles. The van der Waals surface area contributed by atoms with Crippen molar-refractivity contribution in [3.8, 4) is 0 Å². The average molecular weight is 334 g/mol. The summed E-state index contributed by atoms with van der Waals surface area (Å²) in [4.78, 5) is 0. The Bertz CT molecular complexity index is 503. The standard InChI is InChI=1S/C11H9F2IN2/c1-7-5-16(15-11(7)14)6-8-4-9(12)2-3-10(8)13/h2-5H,6H2,1H3. The maximum absolute atomic E-state index is 13.4. The largest absolute Gasteiger partial charge is 0.267 e. The van der Waals surface area contributed by atoms with Crippen molar-refractivity contribution in [1.29, 1.82) is 0 Å². The predicted octanol–water partition coefficient (Wildman–Crippen LogP) is 3.12. The van der Waals surface area contributed by atoms with Gasteiger partial charge in [0.05, 0.1) is 6.54 Å². The van der Waals surface area contributed by atoms with Gasteiger partial charge in [-0.2, -0.15) is 5.10 Å². The second-order valence-corrected chi connectivity index (χ2v) is 4.56. The Morgan fingerprint density at radius 3 is 2.75 bits per heavy atom. The van der Waals surface area contributed by atoms with Crippen LogP contribution in [0.15, 0.2) is 24.4 Å². The molecular weight excluding hydrogens is 325 g/mol. The topological polar surface area (TPSA) is 17.8 Å². The van der Waals surface area contributed by atoms with Gasteiger partial charge in [0.25, 0.3) is 0 Å². The van der Waals surface area contributed by atoms with Crippen LogP contribution in [0.25, 0.3) is 0 Å². The molecule has 2 nitrogen and oxygen atoms in total. The molecule has 0 aliphatic carbocycles. The second-order valence-electron chi connectivity index (χ2n) is 3.54. The van der Waals surface area contributed by atoms with Crippen LogP contribution in [0, 0.1) is 22.3 Å². The van der Waals surface area contributed by atoms with Crippen LogP contribution >= 0.6 is 22.6 Å². The molecule has 0 N–H and O–H groups in total. The Balaban J connectivity index is 2.29. The third-order valence-corrected chi connectivity index (χ3v) is 3.29. The molecule has 0 atom stereocenters. The molecule has 2 aromatic rings. The highest BCUT2D eigenvalue weighted by atomic mass is 127. The summed E-state index contributed by atoms with van der Waals surface area (Å²) < 4.78 is 28.8. The Morgan fingerprint density at radius 1 is 1.38 bits per heavy atom. The number of rotatable bonds is 2. The number of aryl methyl sites for hydroxylation is 1. The summed E-state index contributed by atoms with van der Waals surface area (Å²) in [6.45, 7) is 2.17. The van der Waals surface area contributed by atoms with Crippen LogP contribution < -0.4 is 0 Å². The van der Waals surface area contributed by atoms with Crippen molar-refractivity contribution in [3.63, 3.8) is 0 Å². The highest BCUT2D eigenvalue weighted by molar-refractivity contribution is 14.1. The summed E-state index contributed by atoms with van der Waals surface area (Å²) >= 11 is 2.10. The van der Waals surface area contributed by atoms with Gasteiger partial charge in [0.15, 0.2) is 0 Å². The highest BCUT2D eigenvalue weighted by Crippen LogP contribution is 2.13. The van der Waals surface area contributed by atoms with E-state index in [0.29, 0.717) is 5.56 Å². The first kappa shape index (κ1) is 11.5. The molecule has 0 bridgehead atoms. The van der Waals surface area contributed by atoms with Crippen LogP contribution in [-0.2, 0) is 6.54 Å². The van der Waals surface area contributed by atoms with E-state index < -0.39 is 11.6 Å². The Labute approximate surface area is 105 Å². The van der Waals surface area contributed by atoms with Crippen LogP contribution in [0.4, 0.5) is 8.78 Å². The van der Waals surface area contributed by atoms with Crippen LogP contribution in [0.5, 0.6) is 0 Å². The van der Waals surface area contributed by atoms with E-state index in [4.69, 9.17) is 0 Å². The summed E-state index contributed by atoms with van der Waals surface area (Å²) in [5, 5.41) is 4.19. The Morgan fingerprint density at radius 2 is 2.12 bits per heavy atom. The van der Waals surface area contributed by atoms with E-state index in [9.17, 15) is 8.78 Å². The van der Waals surface area contributed by atoms with E-state index in [-0.39, 0.29) is 6.54 Å². The smallest absolute Gasteiger partial charge is 0.128 e. The van der Waals surface area contributed by atoms with Gasteiger partial charge in [-0.3, -0.25) is 4.68 Å². The number of hydrogen-bond donors (Lipinski definition) is 0. The third kappa shape index (κ3) is 2.40. The van der Waals surface area contributed by atoms with Gasteiger partial charge < -0.3 is 0 Å². The molecule has 0 spiro atoms. The summed E-state index contributed by atoms with van der Waals surface area (Å²) in [6.07, 6.45) is 1.81. The molecule has 84 valence electrons. The predicted molar refractivity (Wildman–Crippen MR) is 65.1 cm³/mol. The van der Waals surface area contributed by atoms with Crippen molar-refractivity contribution >= 4 is 22.6 Å². The molecule has 1 heterocycles. The number of aromatic nitrogens is 2. The van der Waals surface area contributed by atoms with E-state index in [2.05, 4.69) is 27.7 Å². The van der Waals surface area contributed by atoms with Crippen molar-refractivity contribution in [1.82, 2.24) is 9.78 Å². The van der Waals surface area contributed by atoms with Gasteiger partial charge in [-0.1, -0.05) is 0 Å². The molecule has 2 rings (SSSR count). The SMILES string of the molecule is Cc1cn(Cc2cc(F)ccc2F)nc1I. The maximum atomic E-state index is 13.4. The minimum Gasteiger partial charge on any atom is -0.267 e. The zero-order chi connectivity index (χ0) is 11.7. The molecule has 5 heteroatoms. The van der Waals surface area contributed by atoms with Gasteiger partial charge in [0.1, 0.15) is 15.3 Å². The minimum absolute atomic E-state index is 0.243. The molecule has 0 fully saturated rings. The third-order valence-electron chi connectivity index (χ3n) is 2.22. The van der Waals surface area contributed by atoms with Crippen molar-refractivity contribution in [3.05, 3.63) is 50.9 Å². The van der Waals surface area contributed by atoms with E-state index in [1.807, 2.05) is 13.1 Å². The second kappa shape index (κ2) is 4.48. The first-order chi connectivity index (χ1) is 7.56. The lowest BCUT2D eigenvalue weighted by Gasteiger charge is -2.03. The van der Waals surface area contributed by atoms with Crippen molar-refractivity contribution < 1.29 is 8.78 Å². The summed E-state index contributed by atoms with van der Waals surface area (Å²) in [5.41, 5.74) is 1.33. The van der Waals surface area contributed by atoms with Crippen LogP contribution in [0.3, 0.4) is 0 Å². The van der Waals surface area contributed by atoms with E-state index in [1.54, 1.807) is 4.68 Å². The van der Waals surface area contributed by atoms with E-state index >= 15 is 0 Å². The highest BCUT2D eigenvalue weighted by Gasteiger charge is 2.07. The summed E-state index contributed by atoms with van der Waals surface area (Å²) in [5.74, 6) is -0.848. The van der Waals surface area contributed by atoms with Crippen LogP contribution in [0.1, 0.15) is 11.1 Å². The van der Waals surface area contributed by atoms with Crippen LogP contribution in [0.2, 0.25) is 0 Å². The van der Waals surface area contributed by atoms with Gasteiger partial charge >= 0.3 is 0 Å². The van der Waals surface area contributed by atoms with Gasteiger partial charge in [-0.25, -0.2) is 8.78 Å². The minimum atomic E-state index is -0.435. The molecule has 1 aromatic carbocycles. The zero-order valence-corrected chi connectivity index (χ0v) is 10.7. The summed E-state index contributed by atoms with van der Waals surface area (Å²) in [6, 6.07) is 3.43. The number of benzene rings is 1. The first-order valence-corrected chi connectivity index (χ1v) is 5.77. The number of hydrogen-bond acceptors (Lipinski definition) is 1. The fourth-order valence-corrected chi connectivity index (χ4v) is 1.83. The molecule has 16 heavy (non-hydrogen) atoms. The summed E-state index contributed by atoms with van der Waals surface area (Å²) in [7, 11) is 0. The molecule has 1 aromatic heterocycles. The first-order valence-electron chi connectivity index (χ1n) is 4.70. The van der Waals surface area contributed by atoms with Crippen molar-refractivity contribution in [2.45, 2.75) is 13.5 Å². The lowest BCUT2D eigenvalue weighted by atomic mass is 10.2. The quantitative estimate of drug-likeness (QED) is 0.772. The normalized spacial score (nSPS) is 10.8. The van der Waals surface area contributed by atoms with E-state index in [1.165, 1.54) is 6.07 Å².